The van der Waals surface area contributed by atoms with Gasteiger partial charge in [-0.1, -0.05) is 6.42 Å². The van der Waals surface area contributed by atoms with Crippen LogP contribution in [-0.4, -0.2) is 45.9 Å². The van der Waals surface area contributed by atoms with E-state index in [1.807, 2.05) is 23.6 Å². The zero-order valence-electron chi connectivity index (χ0n) is 14.9. The average Bonchev–Trinajstić information content (AvgIpc) is 2.95. The molecule has 1 aromatic carbocycles. The Balaban J connectivity index is 1.67. The molecule has 2 heterocycles. The van der Waals surface area contributed by atoms with Crippen molar-refractivity contribution in [1.82, 2.24) is 9.47 Å². The van der Waals surface area contributed by atoms with Gasteiger partial charge in [0.1, 0.15) is 5.75 Å². The maximum atomic E-state index is 10.2. The normalized spacial score (nSPS) is 15.6. The molecule has 0 radical (unpaired) electrons. The molecule has 0 spiro atoms. The van der Waals surface area contributed by atoms with Gasteiger partial charge < -0.3 is 24.4 Å². The Morgan fingerprint density at radius 2 is 1.76 bits per heavy atom. The second-order valence-corrected chi connectivity index (χ2v) is 6.62. The highest BCUT2D eigenvalue weighted by atomic mass is 16.5. The fraction of sp³-hybridized carbons (Fsp3) is 0.500. The number of nitrogens with zero attached hydrogens (tertiary/aromatic N) is 2. The summed E-state index contributed by atoms with van der Waals surface area (Å²) in [4.78, 5) is 2.46. The molecule has 1 aliphatic rings. The van der Waals surface area contributed by atoms with Crippen LogP contribution in [-0.2, 0) is 17.9 Å². The molecule has 1 aliphatic heterocycles. The van der Waals surface area contributed by atoms with Crippen molar-refractivity contribution in [3.05, 3.63) is 35.9 Å². The van der Waals surface area contributed by atoms with Crippen LogP contribution in [0.25, 0.3) is 11.3 Å². The van der Waals surface area contributed by atoms with Crippen LogP contribution in [0, 0.1) is 0 Å². The van der Waals surface area contributed by atoms with Crippen LogP contribution in [0.3, 0.4) is 0 Å². The number of phenols is 1. The van der Waals surface area contributed by atoms with E-state index >= 15 is 0 Å². The van der Waals surface area contributed by atoms with Crippen molar-refractivity contribution in [2.45, 2.75) is 39.3 Å². The molecule has 25 heavy (non-hydrogen) atoms. The zero-order valence-corrected chi connectivity index (χ0v) is 14.9. The molecule has 1 aromatic heterocycles. The van der Waals surface area contributed by atoms with E-state index in [4.69, 9.17) is 4.74 Å². The molecule has 0 unspecified atom stereocenters. The summed E-state index contributed by atoms with van der Waals surface area (Å²) >= 11 is 0. The molecular weight excluding hydrogens is 316 g/mol. The fourth-order valence-corrected chi connectivity index (χ4v) is 3.54. The Bertz CT molecular complexity index is 673. The van der Waals surface area contributed by atoms with Gasteiger partial charge in [0.2, 0.25) is 0 Å². The lowest BCUT2D eigenvalue weighted by Gasteiger charge is -2.26. The quantitative estimate of drug-likeness (QED) is 0.754. The van der Waals surface area contributed by atoms with Gasteiger partial charge in [-0.15, -0.1) is 0 Å². The Morgan fingerprint density at radius 1 is 1.04 bits per heavy atom. The van der Waals surface area contributed by atoms with Crippen molar-refractivity contribution < 1.29 is 14.9 Å². The summed E-state index contributed by atoms with van der Waals surface area (Å²) in [7, 11) is 0. The number of phenolic OH excluding ortho intramolecular Hbond substituents is 1. The van der Waals surface area contributed by atoms with Crippen LogP contribution >= 0.6 is 0 Å². The lowest BCUT2D eigenvalue weighted by Crippen LogP contribution is -2.32. The number of rotatable bonds is 7. The van der Waals surface area contributed by atoms with E-state index in [2.05, 4.69) is 4.90 Å². The van der Waals surface area contributed by atoms with Gasteiger partial charge in [-0.25, -0.2) is 0 Å². The fourth-order valence-electron chi connectivity index (χ4n) is 3.54. The monoisotopic (exact) mass is 344 g/mol. The molecule has 0 aliphatic carbocycles. The first-order valence-corrected chi connectivity index (χ1v) is 9.20. The number of hydrogen-bond donors (Lipinski definition) is 2. The van der Waals surface area contributed by atoms with Gasteiger partial charge in [-0.3, -0.25) is 0 Å². The number of piperidine rings is 1. The van der Waals surface area contributed by atoms with Crippen molar-refractivity contribution >= 4 is 0 Å². The summed E-state index contributed by atoms with van der Waals surface area (Å²) in [6.45, 7) is 7.18. The summed E-state index contributed by atoms with van der Waals surface area (Å²) in [5, 5.41) is 19.8. The molecule has 136 valence electrons. The minimum absolute atomic E-state index is 0.238. The number of likely N-dealkylation sites (tertiary alicyclic amines) is 1. The Kier molecular flexibility index (Phi) is 6.00. The first-order valence-electron chi connectivity index (χ1n) is 9.20. The van der Waals surface area contributed by atoms with Gasteiger partial charge in [-0.2, -0.15) is 0 Å². The first kappa shape index (κ1) is 17.8. The van der Waals surface area contributed by atoms with Crippen LogP contribution in [0.1, 0.15) is 31.7 Å². The SMILES string of the molecule is CCn1c(O)cc(COCCN2CCCCC2)c1-c1ccc(O)cc1. The number of ether oxygens (including phenoxy) is 1. The molecule has 0 saturated carbocycles. The maximum Gasteiger partial charge on any atom is 0.191 e. The predicted molar refractivity (Wildman–Crippen MR) is 98.8 cm³/mol. The van der Waals surface area contributed by atoms with Crippen LogP contribution < -0.4 is 0 Å². The van der Waals surface area contributed by atoms with Crippen LogP contribution in [0.15, 0.2) is 30.3 Å². The summed E-state index contributed by atoms with van der Waals surface area (Å²) in [5.74, 6) is 0.488. The minimum Gasteiger partial charge on any atom is -0.508 e. The van der Waals surface area contributed by atoms with Crippen molar-refractivity contribution in [2.75, 3.05) is 26.2 Å². The van der Waals surface area contributed by atoms with Gasteiger partial charge in [0, 0.05) is 24.7 Å². The second kappa shape index (κ2) is 8.41. The van der Waals surface area contributed by atoms with Crippen molar-refractivity contribution in [3.63, 3.8) is 0 Å². The van der Waals surface area contributed by atoms with E-state index in [9.17, 15) is 10.2 Å². The van der Waals surface area contributed by atoms with Crippen molar-refractivity contribution in [2.24, 2.45) is 0 Å². The van der Waals surface area contributed by atoms with Crippen molar-refractivity contribution in [1.29, 1.82) is 0 Å². The largest absolute Gasteiger partial charge is 0.508 e. The molecule has 0 bridgehead atoms. The molecule has 5 heteroatoms. The van der Waals surface area contributed by atoms with Gasteiger partial charge >= 0.3 is 0 Å². The number of aromatic nitrogens is 1. The number of aromatic hydroxyl groups is 2. The van der Waals surface area contributed by atoms with Crippen LogP contribution in [0.2, 0.25) is 0 Å². The molecule has 2 N–H and O–H groups in total. The standard InChI is InChI=1S/C20H28N2O3/c1-2-22-19(24)14-17(20(22)16-6-8-18(23)9-7-16)15-25-13-12-21-10-4-3-5-11-21/h6-9,14,23-24H,2-5,10-13,15H2,1H3. The average molecular weight is 344 g/mol. The summed E-state index contributed by atoms with van der Waals surface area (Å²) in [6.07, 6.45) is 3.92. The highest BCUT2D eigenvalue weighted by Crippen LogP contribution is 2.32. The van der Waals surface area contributed by atoms with Gasteiger partial charge in [0.15, 0.2) is 5.88 Å². The van der Waals surface area contributed by atoms with Crippen molar-refractivity contribution in [3.8, 4) is 22.9 Å². The summed E-state index contributed by atoms with van der Waals surface area (Å²) < 4.78 is 7.78. The van der Waals surface area contributed by atoms with Gasteiger partial charge in [-0.05, 0) is 62.7 Å². The Morgan fingerprint density at radius 3 is 2.44 bits per heavy atom. The highest BCUT2D eigenvalue weighted by Gasteiger charge is 2.16. The molecule has 0 atom stereocenters. The van der Waals surface area contributed by atoms with Crippen LogP contribution in [0.5, 0.6) is 11.6 Å². The molecule has 3 rings (SSSR count). The number of benzene rings is 1. The third kappa shape index (κ3) is 4.35. The summed E-state index contributed by atoms with van der Waals surface area (Å²) in [5.41, 5.74) is 2.90. The Labute approximate surface area is 149 Å². The van der Waals surface area contributed by atoms with Crippen LogP contribution in [0.4, 0.5) is 0 Å². The lowest BCUT2D eigenvalue weighted by molar-refractivity contribution is 0.0865. The highest BCUT2D eigenvalue weighted by molar-refractivity contribution is 5.66. The predicted octanol–water partition coefficient (Wildman–Crippen LogP) is 3.59. The number of hydrogen-bond acceptors (Lipinski definition) is 4. The zero-order chi connectivity index (χ0) is 17.6. The molecular formula is C20H28N2O3. The molecule has 2 aromatic rings. The topological polar surface area (TPSA) is 57.9 Å². The smallest absolute Gasteiger partial charge is 0.191 e. The third-order valence-electron chi connectivity index (χ3n) is 4.87. The second-order valence-electron chi connectivity index (χ2n) is 6.62. The van der Waals surface area contributed by atoms with Gasteiger partial charge in [0.05, 0.1) is 18.9 Å². The van der Waals surface area contributed by atoms with E-state index < -0.39 is 0 Å². The van der Waals surface area contributed by atoms with Gasteiger partial charge in [0.25, 0.3) is 0 Å². The maximum absolute atomic E-state index is 10.2. The van der Waals surface area contributed by atoms with E-state index in [1.165, 1.54) is 32.4 Å². The summed E-state index contributed by atoms with van der Waals surface area (Å²) in [6, 6.07) is 8.86. The molecule has 0 amide bonds. The van der Waals surface area contributed by atoms with E-state index in [-0.39, 0.29) is 11.6 Å². The third-order valence-corrected chi connectivity index (χ3v) is 4.87. The Hall–Kier alpha value is -1.98. The minimum atomic E-state index is 0.238. The van der Waals surface area contributed by atoms with E-state index in [1.54, 1.807) is 18.2 Å². The van der Waals surface area contributed by atoms with E-state index in [0.29, 0.717) is 19.8 Å². The first-order chi connectivity index (χ1) is 12.2. The lowest BCUT2D eigenvalue weighted by atomic mass is 10.1. The molecule has 1 fully saturated rings. The molecule has 1 saturated heterocycles. The van der Waals surface area contributed by atoms with E-state index in [0.717, 1.165) is 23.4 Å². The molecule has 5 nitrogen and oxygen atoms in total.